The van der Waals surface area contributed by atoms with Crippen LogP contribution in [0, 0.1) is 0 Å². The molecule has 0 radical (unpaired) electrons. The zero-order valence-corrected chi connectivity index (χ0v) is 11.6. The van der Waals surface area contributed by atoms with E-state index in [2.05, 4.69) is 0 Å². The number of methoxy groups -OCH3 is 1. The van der Waals surface area contributed by atoms with Crippen LogP contribution in [-0.4, -0.2) is 41.7 Å². The lowest BCUT2D eigenvalue weighted by Crippen LogP contribution is -2.50. The molecule has 0 aliphatic carbocycles. The van der Waals surface area contributed by atoms with Gasteiger partial charge in [-0.05, 0) is 25.8 Å². The Balaban J connectivity index is 2.02. The van der Waals surface area contributed by atoms with E-state index < -0.39 is 0 Å². The Hall–Kier alpha value is -1.55. The number of aromatic hydroxyl groups is 1. The first kappa shape index (κ1) is 13.9. The van der Waals surface area contributed by atoms with E-state index in [1.807, 2.05) is 17.9 Å². The van der Waals surface area contributed by atoms with E-state index >= 15 is 0 Å². The molecule has 1 amide bonds. The van der Waals surface area contributed by atoms with Gasteiger partial charge in [0.25, 0.3) is 0 Å². The molecule has 1 aliphatic rings. The summed E-state index contributed by atoms with van der Waals surface area (Å²) in [6.07, 6.45) is 2.17. The molecule has 19 heavy (non-hydrogen) atoms. The number of piperidine rings is 1. The first-order chi connectivity index (χ1) is 9.04. The van der Waals surface area contributed by atoms with E-state index in [0.717, 1.165) is 19.4 Å². The van der Waals surface area contributed by atoms with Crippen molar-refractivity contribution >= 4 is 5.91 Å². The van der Waals surface area contributed by atoms with Gasteiger partial charge in [-0.2, -0.15) is 0 Å². The smallest absolute Gasteiger partial charge is 0.227 e. The highest BCUT2D eigenvalue weighted by Gasteiger charge is 2.32. The number of phenols is 1. The molecule has 104 valence electrons. The average molecular weight is 263 g/mol. The van der Waals surface area contributed by atoms with E-state index in [4.69, 9.17) is 4.74 Å². The van der Waals surface area contributed by atoms with Gasteiger partial charge in [-0.1, -0.05) is 18.2 Å². The fourth-order valence-electron chi connectivity index (χ4n) is 2.52. The number of rotatable bonds is 3. The van der Waals surface area contributed by atoms with E-state index in [9.17, 15) is 9.90 Å². The topological polar surface area (TPSA) is 49.8 Å². The number of phenolic OH excluding ortho intramolecular Hbond substituents is 1. The lowest BCUT2D eigenvalue weighted by molar-refractivity contribution is -0.138. The van der Waals surface area contributed by atoms with Crippen molar-refractivity contribution in [1.29, 1.82) is 0 Å². The minimum atomic E-state index is -0.243. The summed E-state index contributed by atoms with van der Waals surface area (Å²) in [5.74, 6) is 0.229. The van der Waals surface area contributed by atoms with Crippen molar-refractivity contribution in [3.8, 4) is 5.75 Å². The number of nitrogens with zero attached hydrogens (tertiary/aromatic N) is 1. The van der Waals surface area contributed by atoms with Crippen LogP contribution in [0.5, 0.6) is 5.75 Å². The van der Waals surface area contributed by atoms with Gasteiger partial charge >= 0.3 is 0 Å². The van der Waals surface area contributed by atoms with Crippen molar-refractivity contribution < 1.29 is 14.6 Å². The Morgan fingerprint density at radius 3 is 2.89 bits per heavy atom. The first-order valence-corrected chi connectivity index (χ1v) is 6.64. The first-order valence-electron chi connectivity index (χ1n) is 6.64. The van der Waals surface area contributed by atoms with Crippen molar-refractivity contribution in [2.75, 3.05) is 20.2 Å². The number of carbonyl (C=O) groups is 1. The van der Waals surface area contributed by atoms with Crippen molar-refractivity contribution in [3.05, 3.63) is 29.8 Å². The van der Waals surface area contributed by atoms with Crippen LogP contribution in [0.3, 0.4) is 0 Å². The predicted molar refractivity (Wildman–Crippen MR) is 73.0 cm³/mol. The molecule has 1 heterocycles. The van der Waals surface area contributed by atoms with Crippen LogP contribution in [0.1, 0.15) is 25.3 Å². The van der Waals surface area contributed by atoms with Crippen molar-refractivity contribution in [2.45, 2.75) is 31.8 Å². The molecule has 1 fully saturated rings. The fraction of sp³-hybridized carbons (Fsp3) is 0.533. The maximum atomic E-state index is 12.3. The van der Waals surface area contributed by atoms with Gasteiger partial charge in [0.15, 0.2) is 0 Å². The van der Waals surface area contributed by atoms with Gasteiger partial charge in [0.05, 0.1) is 12.0 Å². The van der Waals surface area contributed by atoms with Crippen LogP contribution in [-0.2, 0) is 16.0 Å². The standard InChI is InChI=1S/C15H21NO3/c1-15(19-2)8-5-9-16(11-15)14(18)10-12-6-3-4-7-13(12)17/h3-4,6-7,17H,5,8-11H2,1-2H3. The molecule has 0 spiro atoms. The molecule has 0 saturated carbocycles. The molecule has 1 saturated heterocycles. The van der Waals surface area contributed by atoms with Crippen LogP contribution >= 0.6 is 0 Å². The summed E-state index contributed by atoms with van der Waals surface area (Å²) in [5.41, 5.74) is 0.435. The Labute approximate surface area is 114 Å². The summed E-state index contributed by atoms with van der Waals surface area (Å²) in [4.78, 5) is 14.1. The van der Waals surface area contributed by atoms with Crippen LogP contribution in [0.25, 0.3) is 0 Å². The average Bonchev–Trinajstić information content (AvgIpc) is 2.41. The number of hydrogen-bond acceptors (Lipinski definition) is 3. The second kappa shape index (κ2) is 5.61. The van der Waals surface area contributed by atoms with Crippen LogP contribution in [0.2, 0.25) is 0 Å². The molecular weight excluding hydrogens is 242 g/mol. The minimum Gasteiger partial charge on any atom is -0.508 e. The minimum absolute atomic E-state index is 0.0458. The number of para-hydroxylation sites is 1. The summed E-state index contributed by atoms with van der Waals surface area (Å²) in [6, 6.07) is 6.98. The molecule has 1 N–H and O–H groups in total. The summed E-state index contributed by atoms with van der Waals surface area (Å²) < 4.78 is 5.49. The molecule has 1 aromatic carbocycles. The molecule has 0 aromatic heterocycles. The highest BCUT2D eigenvalue weighted by Crippen LogP contribution is 2.25. The SMILES string of the molecule is COC1(C)CCCN(C(=O)Cc2ccccc2O)C1. The molecule has 2 rings (SSSR count). The molecular formula is C15H21NO3. The Morgan fingerprint density at radius 1 is 1.47 bits per heavy atom. The van der Waals surface area contributed by atoms with Gasteiger partial charge < -0.3 is 14.7 Å². The second-order valence-electron chi connectivity index (χ2n) is 5.38. The summed E-state index contributed by atoms with van der Waals surface area (Å²) in [7, 11) is 1.69. The van der Waals surface area contributed by atoms with Gasteiger partial charge in [-0.25, -0.2) is 0 Å². The zero-order valence-electron chi connectivity index (χ0n) is 11.6. The molecule has 1 unspecified atom stereocenters. The molecule has 1 aliphatic heterocycles. The van der Waals surface area contributed by atoms with Crippen molar-refractivity contribution in [1.82, 2.24) is 4.90 Å². The highest BCUT2D eigenvalue weighted by molar-refractivity contribution is 5.79. The van der Waals surface area contributed by atoms with Crippen LogP contribution in [0.4, 0.5) is 0 Å². The highest BCUT2D eigenvalue weighted by atomic mass is 16.5. The summed E-state index contributed by atoms with van der Waals surface area (Å²) in [6.45, 7) is 3.42. The normalized spacial score (nSPS) is 23.4. The van der Waals surface area contributed by atoms with E-state index in [0.29, 0.717) is 12.1 Å². The lowest BCUT2D eigenvalue weighted by atomic mass is 9.94. The van der Waals surface area contributed by atoms with Crippen LogP contribution in [0.15, 0.2) is 24.3 Å². The molecule has 4 heteroatoms. The monoisotopic (exact) mass is 263 g/mol. The number of ether oxygens (including phenoxy) is 1. The second-order valence-corrected chi connectivity index (χ2v) is 5.38. The Bertz CT molecular complexity index is 460. The summed E-state index contributed by atoms with van der Waals surface area (Å²) >= 11 is 0. The van der Waals surface area contributed by atoms with Gasteiger partial charge in [-0.15, -0.1) is 0 Å². The Kier molecular flexibility index (Phi) is 4.10. The third-order valence-corrected chi connectivity index (χ3v) is 3.84. The number of benzene rings is 1. The fourth-order valence-corrected chi connectivity index (χ4v) is 2.52. The molecule has 0 bridgehead atoms. The van der Waals surface area contributed by atoms with Gasteiger partial charge in [0.2, 0.25) is 5.91 Å². The van der Waals surface area contributed by atoms with Crippen molar-refractivity contribution in [2.24, 2.45) is 0 Å². The quantitative estimate of drug-likeness (QED) is 0.907. The lowest BCUT2D eigenvalue weighted by Gasteiger charge is -2.39. The van der Waals surface area contributed by atoms with Crippen LogP contribution < -0.4 is 0 Å². The van der Waals surface area contributed by atoms with Gasteiger partial charge in [0, 0.05) is 25.8 Å². The number of likely N-dealkylation sites (tertiary alicyclic amines) is 1. The maximum absolute atomic E-state index is 12.3. The number of hydrogen-bond donors (Lipinski definition) is 1. The Morgan fingerprint density at radius 2 is 2.21 bits per heavy atom. The van der Waals surface area contributed by atoms with Crippen molar-refractivity contribution in [3.63, 3.8) is 0 Å². The molecule has 4 nitrogen and oxygen atoms in total. The zero-order chi connectivity index (χ0) is 13.9. The number of carbonyl (C=O) groups excluding carboxylic acids is 1. The van der Waals surface area contributed by atoms with E-state index in [1.54, 1.807) is 25.3 Å². The van der Waals surface area contributed by atoms with E-state index in [-0.39, 0.29) is 23.7 Å². The maximum Gasteiger partial charge on any atom is 0.227 e. The largest absolute Gasteiger partial charge is 0.508 e. The third-order valence-electron chi connectivity index (χ3n) is 3.84. The van der Waals surface area contributed by atoms with Gasteiger partial charge in [-0.3, -0.25) is 4.79 Å². The van der Waals surface area contributed by atoms with Gasteiger partial charge in [0.1, 0.15) is 5.75 Å². The molecule has 1 aromatic rings. The number of amides is 1. The third kappa shape index (κ3) is 3.26. The predicted octanol–water partition coefficient (Wildman–Crippen LogP) is 1.96. The summed E-state index contributed by atoms with van der Waals surface area (Å²) in [5, 5.41) is 9.71. The van der Waals surface area contributed by atoms with E-state index in [1.165, 1.54) is 0 Å². The molecule has 1 atom stereocenters.